The van der Waals surface area contributed by atoms with Crippen molar-refractivity contribution in [3.63, 3.8) is 0 Å². The third-order valence-corrected chi connectivity index (χ3v) is 7.36. The molecule has 222 valence electrons. The van der Waals surface area contributed by atoms with Crippen molar-refractivity contribution in [2.24, 2.45) is 0 Å². The number of halogens is 3. The highest BCUT2D eigenvalue weighted by Gasteiger charge is 2.40. The van der Waals surface area contributed by atoms with Crippen LogP contribution in [0.25, 0.3) is 11.4 Å². The zero-order valence-electron chi connectivity index (χ0n) is 23.3. The highest BCUT2D eigenvalue weighted by molar-refractivity contribution is 6.04. The maximum atomic E-state index is 13.7. The summed E-state index contributed by atoms with van der Waals surface area (Å²) >= 11 is 0. The first-order chi connectivity index (χ1) is 20.0. The van der Waals surface area contributed by atoms with Crippen molar-refractivity contribution in [3.05, 3.63) is 47.9 Å². The van der Waals surface area contributed by atoms with E-state index in [2.05, 4.69) is 30.2 Å². The number of carbonyl (C=O) groups excluding carboxylic acids is 1. The summed E-state index contributed by atoms with van der Waals surface area (Å²) in [4.78, 5) is 35.0. The number of fused-ring (bicyclic) bond motifs is 4. The summed E-state index contributed by atoms with van der Waals surface area (Å²) in [6.07, 6.45) is -0.264. The Morgan fingerprint density at radius 3 is 2.71 bits per heavy atom. The third-order valence-electron chi connectivity index (χ3n) is 7.36. The van der Waals surface area contributed by atoms with Gasteiger partial charge in [-0.3, -0.25) is 4.90 Å². The van der Waals surface area contributed by atoms with Gasteiger partial charge in [-0.1, -0.05) is 12.1 Å². The monoisotopic (exact) mass is 585 g/mol. The van der Waals surface area contributed by atoms with Crippen molar-refractivity contribution in [2.75, 3.05) is 41.4 Å². The number of ether oxygens (including phenoxy) is 3. The summed E-state index contributed by atoms with van der Waals surface area (Å²) in [7, 11) is 0. The lowest BCUT2D eigenvalue weighted by atomic mass is 9.99. The fourth-order valence-electron chi connectivity index (χ4n) is 5.51. The van der Waals surface area contributed by atoms with Gasteiger partial charge in [-0.2, -0.15) is 13.2 Å². The first-order valence-corrected chi connectivity index (χ1v) is 13.6. The number of hydrogen-bond acceptors (Lipinski definition) is 9. The molecule has 2 saturated heterocycles. The van der Waals surface area contributed by atoms with Gasteiger partial charge in [0.2, 0.25) is 0 Å². The zero-order chi connectivity index (χ0) is 29.6. The molecule has 14 heteroatoms. The molecule has 0 radical (unpaired) electrons. The van der Waals surface area contributed by atoms with E-state index in [0.717, 1.165) is 31.5 Å². The number of amides is 2. The van der Waals surface area contributed by atoms with Crippen LogP contribution in [0.4, 0.5) is 35.2 Å². The second-order valence-corrected chi connectivity index (χ2v) is 10.9. The molecule has 5 heterocycles. The maximum absolute atomic E-state index is 13.7. The molecule has 11 nitrogen and oxygen atoms in total. The molecule has 0 aliphatic carbocycles. The maximum Gasteiger partial charge on any atom is 0.416 e. The number of rotatable bonds is 5. The molecule has 2 amide bonds. The predicted octanol–water partition coefficient (Wildman–Crippen LogP) is 4.81. The van der Waals surface area contributed by atoms with Crippen LogP contribution in [-0.4, -0.2) is 70.2 Å². The van der Waals surface area contributed by atoms with Crippen LogP contribution >= 0.6 is 0 Å². The number of nitrogens with one attached hydrogen (secondary N) is 1. The second-order valence-electron chi connectivity index (χ2n) is 10.9. The van der Waals surface area contributed by atoms with Gasteiger partial charge < -0.3 is 24.4 Å². The Hall–Kier alpha value is -4.04. The molecule has 6 rings (SSSR count). The minimum Gasteiger partial charge on any atom is -0.461 e. The van der Waals surface area contributed by atoms with E-state index in [9.17, 15) is 18.0 Å². The smallest absolute Gasteiger partial charge is 0.416 e. The van der Waals surface area contributed by atoms with Gasteiger partial charge in [0.1, 0.15) is 18.4 Å². The summed E-state index contributed by atoms with van der Waals surface area (Å²) in [5.41, 5.74) is 1.03. The number of benzene rings is 1. The van der Waals surface area contributed by atoms with Crippen molar-refractivity contribution >= 4 is 23.2 Å². The minimum absolute atomic E-state index is 0.112. The number of urea groups is 1. The molecular weight excluding hydrogens is 555 g/mol. The van der Waals surface area contributed by atoms with Crippen molar-refractivity contribution in [1.29, 1.82) is 0 Å². The van der Waals surface area contributed by atoms with E-state index >= 15 is 0 Å². The minimum atomic E-state index is -4.51. The van der Waals surface area contributed by atoms with Crippen LogP contribution in [0.15, 0.2) is 36.7 Å². The number of aryl methyl sites for hydroxylation is 1. The van der Waals surface area contributed by atoms with Gasteiger partial charge in [0.15, 0.2) is 17.4 Å². The van der Waals surface area contributed by atoms with Crippen LogP contribution in [0.2, 0.25) is 0 Å². The van der Waals surface area contributed by atoms with Crippen LogP contribution in [0, 0.1) is 6.92 Å². The quantitative estimate of drug-likeness (QED) is 0.450. The molecule has 3 aliphatic rings. The van der Waals surface area contributed by atoms with Gasteiger partial charge in [0, 0.05) is 18.7 Å². The van der Waals surface area contributed by atoms with Gasteiger partial charge >= 0.3 is 18.2 Å². The normalized spacial score (nSPS) is 21.2. The molecule has 0 unspecified atom stereocenters. The Bertz CT molecular complexity index is 1490. The lowest BCUT2D eigenvalue weighted by Gasteiger charge is -2.46. The lowest BCUT2D eigenvalue weighted by molar-refractivity contribution is -0.141. The van der Waals surface area contributed by atoms with Crippen LogP contribution < -0.4 is 19.9 Å². The Balaban J connectivity index is 1.23. The molecule has 2 fully saturated rings. The highest BCUT2D eigenvalue weighted by Crippen LogP contribution is 2.41. The Kier molecular flexibility index (Phi) is 7.13. The summed E-state index contributed by atoms with van der Waals surface area (Å²) in [6, 6.07) is 4.36. The fourth-order valence-corrected chi connectivity index (χ4v) is 5.51. The number of aromatic nitrogens is 4. The summed E-state index contributed by atoms with van der Waals surface area (Å²) in [5.74, 6) is -0.199. The standard InChI is InChI=1S/C28H30F3N7O4/c1-16-22-24(36-23(34-16)17-6-4-7-18(10-17)28(29,30)31)38(20-8-5-9-37(22)13-20)26(39)35-19-11-32-25(33-12-19)40-14-21-15-41-27(2,3)42-21/h4,6-7,10-12,20-21H,5,8-9,13-15H2,1-3H3,(H,35,39)/t20-,21-/m0/s1. The van der Waals surface area contributed by atoms with E-state index in [1.807, 2.05) is 13.8 Å². The average molecular weight is 586 g/mol. The Morgan fingerprint density at radius 2 is 2.00 bits per heavy atom. The molecule has 2 aromatic heterocycles. The molecule has 42 heavy (non-hydrogen) atoms. The van der Waals surface area contributed by atoms with Gasteiger partial charge in [0.25, 0.3) is 0 Å². The lowest BCUT2D eigenvalue weighted by Crippen LogP contribution is -2.56. The van der Waals surface area contributed by atoms with Crippen LogP contribution in [-0.2, 0) is 15.7 Å². The first-order valence-electron chi connectivity index (χ1n) is 13.6. The van der Waals surface area contributed by atoms with E-state index in [4.69, 9.17) is 14.2 Å². The van der Waals surface area contributed by atoms with Crippen LogP contribution in [0.3, 0.4) is 0 Å². The number of piperidine rings is 1. The molecule has 1 N–H and O–H groups in total. The number of alkyl halides is 3. The number of carbonyl (C=O) groups is 1. The molecule has 0 spiro atoms. The number of hydrogen-bond donors (Lipinski definition) is 1. The highest BCUT2D eigenvalue weighted by atomic mass is 19.4. The van der Waals surface area contributed by atoms with Gasteiger partial charge in [0.05, 0.1) is 42.0 Å². The Morgan fingerprint density at radius 1 is 1.21 bits per heavy atom. The van der Waals surface area contributed by atoms with Gasteiger partial charge in [-0.15, -0.1) is 0 Å². The van der Waals surface area contributed by atoms with Crippen molar-refractivity contribution < 1.29 is 32.2 Å². The summed E-state index contributed by atoms with van der Waals surface area (Å²) in [5, 5.41) is 2.83. The van der Waals surface area contributed by atoms with E-state index in [1.165, 1.54) is 24.5 Å². The van der Waals surface area contributed by atoms with Crippen LogP contribution in [0.1, 0.15) is 37.9 Å². The SMILES string of the molecule is Cc1nc(-c2cccc(C(F)(F)F)c2)nc2c1N1CCC[C@@H](C1)N2C(=O)Nc1cnc(OC[C@H]2COC(C)(C)O2)nc1. The average Bonchev–Trinajstić information content (AvgIpc) is 3.30. The molecular formula is C28H30F3N7O4. The summed E-state index contributed by atoms with van der Waals surface area (Å²) < 4.78 is 57.0. The van der Waals surface area contributed by atoms with E-state index in [-0.39, 0.29) is 36.2 Å². The third kappa shape index (κ3) is 5.68. The first kappa shape index (κ1) is 28.1. The van der Waals surface area contributed by atoms with Crippen LogP contribution in [0.5, 0.6) is 6.01 Å². The molecule has 3 aliphatic heterocycles. The molecule has 2 atom stereocenters. The largest absolute Gasteiger partial charge is 0.461 e. The molecule has 0 saturated carbocycles. The Labute approximate surface area is 240 Å². The van der Waals surface area contributed by atoms with Crippen molar-refractivity contribution in [1.82, 2.24) is 19.9 Å². The van der Waals surface area contributed by atoms with Gasteiger partial charge in [-0.25, -0.2) is 24.7 Å². The van der Waals surface area contributed by atoms with E-state index < -0.39 is 23.6 Å². The topological polar surface area (TPSA) is 115 Å². The second kappa shape index (κ2) is 10.7. The summed E-state index contributed by atoms with van der Waals surface area (Å²) in [6.45, 7) is 7.41. The number of nitrogens with zero attached hydrogens (tertiary/aromatic N) is 6. The zero-order valence-corrected chi connectivity index (χ0v) is 23.3. The molecule has 3 aromatic rings. The predicted molar refractivity (Wildman–Crippen MR) is 146 cm³/mol. The van der Waals surface area contributed by atoms with E-state index in [0.29, 0.717) is 36.0 Å². The fraction of sp³-hybridized carbons (Fsp3) is 0.464. The van der Waals surface area contributed by atoms with E-state index in [1.54, 1.807) is 11.8 Å². The number of anilines is 3. The van der Waals surface area contributed by atoms with Gasteiger partial charge in [-0.05, 0) is 45.7 Å². The van der Waals surface area contributed by atoms with Crippen molar-refractivity contribution in [2.45, 2.75) is 57.7 Å². The van der Waals surface area contributed by atoms with Crippen molar-refractivity contribution in [3.8, 4) is 17.4 Å². The molecule has 1 aromatic carbocycles. The molecule has 2 bridgehead atoms.